The van der Waals surface area contributed by atoms with Gasteiger partial charge in [-0.05, 0) is 41.9 Å². The number of aromatic nitrogens is 2. The van der Waals surface area contributed by atoms with Gasteiger partial charge < -0.3 is 20.3 Å². The number of aryl methyl sites for hydroxylation is 1. The first kappa shape index (κ1) is 24.5. The van der Waals surface area contributed by atoms with Crippen LogP contribution >= 0.6 is 0 Å². The Kier molecular flexibility index (Phi) is 6.42. The summed E-state index contributed by atoms with van der Waals surface area (Å²) in [4.78, 5) is 45.0. The number of primary amides is 1. The first-order chi connectivity index (χ1) is 15.3. The van der Waals surface area contributed by atoms with Crippen LogP contribution in [0.1, 0.15) is 75.2 Å². The maximum atomic E-state index is 14.0. The van der Waals surface area contributed by atoms with Crippen LogP contribution in [0, 0.1) is 11.8 Å². The lowest BCUT2D eigenvalue weighted by atomic mass is 9.83. The number of carboxylic acids is 1. The fourth-order valence-corrected chi connectivity index (χ4v) is 4.94. The minimum atomic E-state index is -1.58. The van der Waals surface area contributed by atoms with Crippen molar-refractivity contribution in [3.05, 3.63) is 53.6 Å². The topological polar surface area (TPSA) is 119 Å². The van der Waals surface area contributed by atoms with Gasteiger partial charge in [0, 0.05) is 25.0 Å². The van der Waals surface area contributed by atoms with Gasteiger partial charge in [0.1, 0.15) is 17.4 Å². The standard InChI is InChI=1S/C25H34N4O4/c1-15(2)13-25(23(32)33)14-18(20(26)30)19(21-27-11-12-28(21)6)29(25)22(31)16-7-9-17(10-8-16)24(3,4)5/h7-12,15,18-19H,13-14H2,1-6H3,(H2,26,30)(H,32,33). The second-order valence-corrected chi connectivity index (χ2v) is 10.5. The van der Waals surface area contributed by atoms with Crippen LogP contribution in [0.2, 0.25) is 0 Å². The Morgan fingerprint density at radius 2 is 1.82 bits per heavy atom. The SMILES string of the molecule is CC(C)CC1(C(=O)O)CC(C(N)=O)C(c2nccn2C)N1C(=O)c1ccc(C(C)(C)C)cc1. The van der Waals surface area contributed by atoms with Gasteiger partial charge in [-0.1, -0.05) is 46.8 Å². The third-order valence-electron chi connectivity index (χ3n) is 6.53. The molecule has 3 N–H and O–H groups in total. The molecule has 1 aliphatic heterocycles. The zero-order valence-electron chi connectivity index (χ0n) is 20.2. The molecule has 33 heavy (non-hydrogen) atoms. The Labute approximate surface area is 194 Å². The van der Waals surface area contributed by atoms with Gasteiger partial charge >= 0.3 is 5.97 Å². The van der Waals surface area contributed by atoms with Crippen molar-refractivity contribution < 1.29 is 19.5 Å². The molecule has 3 unspecified atom stereocenters. The van der Waals surface area contributed by atoms with Crippen molar-refractivity contribution in [2.24, 2.45) is 24.6 Å². The van der Waals surface area contributed by atoms with Gasteiger partial charge in [-0.25, -0.2) is 9.78 Å². The minimum absolute atomic E-state index is 0.0340. The molecule has 3 atom stereocenters. The smallest absolute Gasteiger partial charge is 0.329 e. The summed E-state index contributed by atoms with van der Waals surface area (Å²) in [5.74, 6) is -2.71. The first-order valence-electron chi connectivity index (χ1n) is 11.2. The molecule has 2 heterocycles. The summed E-state index contributed by atoms with van der Waals surface area (Å²) in [6.07, 6.45) is 3.41. The maximum absolute atomic E-state index is 14.0. The van der Waals surface area contributed by atoms with Crippen LogP contribution in [0.3, 0.4) is 0 Å². The molecule has 0 bridgehead atoms. The van der Waals surface area contributed by atoms with Crippen LogP contribution in [0.5, 0.6) is 0 Å². The summed E-state index contributed by atoms with van der Waals surface area (Å²) < 4.78 is 1.71. The number of nitrogens with two attached hydrogens (primary N) is 1. The Hall–Kier alpha value is -3.16. The number of amides is 2. The second-order valence-electron chi connectivity index (χ2n) is 10.5. The molecule has 3 rings (SSSR count). The normalized spacial score (nSPS) is 23.2. The Bertz CT molecular complexity index is 1050. The number of benzene rings is 1. The van der Waals surface area contributed by atoms with Gasteiger partial charge in [0.05, 0.1) is 5.92 Å². The van der Waals surface area contributed by atoms with Crippen LogP contribution in [0.15, 0.2) is 36.7 Å². The zero-order valence-corrected chi connectivity index (χ0v) is 20.2. The molecule has 8 heteroatoms. The average molecular weight is 455 g/mol. The van der Waals surface area contributed by atoms with E-state index in [2.05, 4.69) is 25.8 Å². The summed E-state index contributed by atoms with van der Waals surface area (Å²) >= 11 is 0. The average Bonchev–Trinajstić information content (AvgIpc) is 3.28. The van der Waals surface area contributed by atoms with E-state index in [1.54, 1.807) is 36.1 Å². The molecule has 1 fully saturated rings. The highest BCUT2D eigenvalue weighted by atomic mass is 16.4. The molecule has 0 saturated carbocycles. The van der Waals surface area contributed by atoms with Gasteiger partial charge in [0.2, 0.25) is 5.91 Å². The van der Waals surface area contributed by atoms with E-state index in [1.807, 2.05) is 26.0 Å². The molecule has 0 spiro atoms. The highest BCUT2D eigenvalue weighted by Gasteiger charge is 2.61. The molecule has 2 aromatic rings. The van der Waals surface area contributed by atoms with Crippen molar-refractivity contribution in [3.8, 4) is 0 Å². The van der Waals surface area contributed by atoms with Crippen LogP contribution in [0.4, 0.5) is 0 Å². The number of nitrogens with zero attached hydrogens (tertiary/aromatic N) is 3. The zero-order chi connectivity index (χ0) is 24.7. The quantitative estimate of drug-likeness (QED) is 0.694. The lowest BCUT2D eigenvalue weighted by Gasteiger charge is -2.39. The molecule has 1 aromatic heterocycles. The summed E-state index contributed by atoms with van der Waals surface area (Å²) in [5, 5.41) is 10.4. The van der Waals surface area contributed by atoms with E-state index < -0.39 is 35.3 Å². The number of likely N-dealkylation sites (tertiary alicyclic amines) is 1. The van der Waals surface area contributed by atoms with Crippen molar-refractivity contribution in [2.75, 3.05) is 0 Å². The van der Waals surface area contributed by atoms with Crippen molar-refractivity contribution in [3.63, 3.8) is 0 Å². The summed E-state index contributed by atoms with van der Waals surface area (Å²) in [5.41, 5.74) is 5.51. The van der Waals surface area contributed by atoms with Crippen molar-refractivity contribution in [2.45, 2.75) is 64.5 Å². The lowest BCUT2D eigenvalue weighted by Crippen LogP contribution is -2.54. The van der Waals surface area contributed by atoms with Crippen LogP contribution < -0.4 is 5.73 Å². The fourth-order valence-electron chi connectivity index (χ4n) is 4.94. The largest absolute Gasteiger partial charge is 0.479 e. The highest BCUT2D eigenvalue weighted by molar-refractivity contribution is 6.00. The number of rotatable bonds is 6. The number of hydrogen-bond donors (Lipinski definition) is 2. The predicted octanol–water partition coefficient (Wildman–Crippen LogP) is 3.28. The van der Waals surface area contributed by atoms with Gasteiger partial charge in [-0.15, -0.1) is 0 Å². The molecule has 1 aromatic carbocycles. The third-order valence-corrected chi connectivity index (χ3v) is 6.53. The maximum Gasteiger partial charge on any atom is 0.329 e. The van der Waals surface area contributed by atoms with E-state index in [1.165, 1.54) is 4.90 Å². The molecule has 0 aliphatic carbocycles. The van der Waals surface area contributed by atoms with Gasteiger partial charge in [-0.2, -0.15) is 0 Å². The molecular formula is C25H34N4O4. The molecule has 1 saturated heterocycles. The van der Waals surface area contributed by atoms with E-state index in [-0.39, 0.29) is 24.2 Å². The van der Waals surface area contributed by atoms with Gasteiger partial charge in [0.15, 0.2) is 0 Å². The number of carbonyl (C=O) groups is 3. The summed E-state index contributed by atoms with van der Waals surface area (Å²) in [6.45, 7) is 10.0. The molecule has 0 radical (unpaired) electrons. The minimum Gasteiger partial charge on any atom is -0.479 e. The Morgan fingerprint density at radius 3 is 2.24 bits per heavy atom. The first-order valence-corrected chi connectivity index (χ1v) is 11.2. The van der Waals surface area contributed by atoms with E-state index >= 15 is 0 Å². The summed E-state index contributed by atoms with van der Waals surface area (Å²) in [6, 6.07) is 6.33. The fraction of sp³-hybridized carbons (Fsp3) is 0.520. The molecule has 1 aliphatic rings. The van der Waals surface area contributed by atoms with Crippen LogP contribution in [-0.4, -0.2) is 42.9 Å². The van der Waals surface area contributed by atoms with Crippen molar-refractivity contribution in [1.29, 1.82) is 0 Å². The molecule has 178 valence electrons. The highest BCUT2D eigenvalue weighted by Crippen LogP contribution is 2.50. The van der Waals surface area contributed by atoms with Crippen LogP contribution in [0.25, 0.3) is 0 Å². The van der Waals surface area contributed by atoms with Gasteiger partial charge in [0.25, 0.3) is 5.91 Å². The van der Waals surface area contributed by atoms with Crippen LogP contribution in [-0.2, 0) is 22.1 Å². The number of aliphatic carboxylic acids is 1. The number of imidazole rings is 1. The molecular weight excluding hydrogens is 420 g/mol. The predicted molar refractivity (Wildman–Crippen MR) is 124 cm³/mol. The van der Waals surface area contributed by atoms with E-state index in [0.717, 1.165) is 5.56 Å². The monoisotopic (exact) mass is 454 g/mol. The summed E-state index contributed by atoms with van der Waals surface area (Å²) in [7, 11) is 1.75. The Balaban J connectivity index is 2.21. The number of hydrogen-bond acceptors (Lipinski definition) is 4. The van der Waals surface area contributed by atoms with Gasteiger partial charge in [-0.3, -0.25) is 9.59 Å². The van der Waals surface area contributed by atoms with E-state index in [0.29, 0.717) is 11.4 Å². The lowest BCUT2D eigenvalue weighted by molar-refractivity contribution is -0.150. The third kappa shape index (κ3) is 4.38. The number of carbonyl (C=O) groups excluding carboxylic acids is 2. The second kappa shape index (κ2) is 8.65. The van der Waals surface area contributed by atoms with Crippen molar-refractivity contribution >= 4 is 17.8 Å². The number of carboxylic acid groups (broad SMARTS) is 1. The van der Waals surface area contributed by atoms with E-state index in [4.69, 9.17) is 5.73 Å². The van der Waals surface area contributed by atoms with E-state index in [9.17, 15) is 19.5 Å². The molecule has 2 amide bonds. The Morgan fingerprint density at radius 1 is 1.21 bits per heavy atom. The van der Waals surface area contributed by atoms with Crippen molar-refractivity contribution in [1.82, 2.24) is 14.5 Å². The molecule has 8 nitrogen and oxygen atoms in total.